The van der Waals surface area contributed by atoms with E-state index in [1.54, 1.807) is 0 Å². The van der Waals surface area contributed by atoms with Crippen LogP contribution in [0.25, 0.3) is 0 Å². The molecule has 7 atom stereocenters. The smallest absolute Gasteiger partial charge is 0.336 e. The van der Waals surface area contributed by atoms with Crippen LogP contribution in [0, 0.1) is 11.3 Å². The van der Waals surface area contributed by atoms with Crippen molar-refractivity contribution in [2.75, 3.05) is 0 Å². The SMILES string of the molecule is CC(C)c1oc(=O)cc2c1C(O)C1OC(=O)C3(C)C4OC4CC2(C)C13. The standard InChI is InChI=1S/C19H22O6/c1-7(2)13-11-8(5-10(20)24-13)18(3)6-9-16(23-9)19(4)15(18)14(12(11)21)25-17(19)22/h5,7,9,12,14-16,21H,6H2,1-4H3. The predicted octanol–water partition coefficient (Wildman–Crippen LogP) is 1.79. The maximum Gasteiger partial charge on any atom is 0.336 e. The third-order valence-corrected chi connectivity index (χ3v) is 6.92. The number of carbonyl (C=O) groups excluding carboxylic acids is 1. The van der Waals surface area contributed by atoms with Crippen molar-refractivity contribution in [1.29, 1.82) is 0 Å². The number of rotatable bonds is 1. The van der Waals surface area contributed by atoms with Crippen molar-refractivity contribution in [3.63, 3.8) is 0 Å². The lowest BCUT2D eigenvalue weighted by atomic mass is 9.49. The molecule has 1 N–H and O–H groups in total. The third-order valence-electron chi connectivity index (χ3n) is 6.92. The maximum atomic E-state index is 12.7. The maximum absolute atomic E-state index is 12.7. The van der Waals surface area contributed by atoms with Crippen molar-refractivity contribution < 1.29 is 23.8 Å². The third kappa shape index (κ3) is 1.63. The predicted molar refractivity (Wildman–Crippen MR) is 86.1 cm³/mol. The van der Waals surface area contributed by atoms with Gasteiger partial charge in [-0.25, -0.2) is 4.79 Å². The molecule has 4 aliphatic rings. The van der Waals surface area contributed by atoms with E-state index in [2.05, 4.69) is 6.92 Å². The van der Waals surface area contributed by atoms with Gasteiger partial charge in [0, 0.05) is 28.9 Å². The van der Waals surface area contributed by atoms with E-state index >= 15 is 0 Å². The Morgan fingerprint density at radius 2 is 2.00 bits per heavy atom. The summed E-state index contributed by atoms with van der Waals surface area (Å²) in [5, 5.41) is 11.1. The second kappa shape index (κ2) is 4.35. The molecule has 0 bridgehead atoms. The van der Waals surface area contributed by atoms with E-state index in [1.165, 1.54) is 6.07 Å². The summed E-state index contributed by atoms with van der Waals surface area (Å²) in [4.78, 5) is 25.0. The number of epoxide rings is 1. The summed E-state index contributed by atoms with van der Waals surface area (Å²) >= 11 is 0. The lowest BCUT2D eigenvalue weighted by molar-refractivity contribution is -0.152. The highest BCUT2D eigenvalue weighted by Gasteiger charge is 2.77. The number of aliphatic hydroxyl groups excluding tert-OH is 1. The Kier molecular flexibility index (Phi) is 2.71. The van der Waals surface area contributed by atoms with Crippen molar-refractivity contribution in [2.45, 2.75) is 69.9 Å². The quantitative estimate of drug-likeness (QED) is 0.616. The van der Waals surface area contributed by atoms with Crippen LogP contribution in [0.1, 0.15) is 63.0 Å². The van der Waals surface area contributed by atoms with E-state index in [0.717, 1.165) is 5.56 Å². The first kappa shape index (κ1) is 15.6. The van der Waals surface area contributed by atoms with Gasteiger partial charge in [-0.3, -0.25) is 4.79 Å². The molecule has 5 rings (SSSR count). The molecule has 2 aliphatic carbocycles. The van der Waals surface area contributed by atoms with Crippen molar-refractivity contribution >= 4 is 5.97 Å². The van der Waals surface area contributed by atoms with Gasteiger partial charge in [-0.15, -0.1) is 0 Å². The van der Waals surface area contributed by atoms with Crippen LogP contribution >= 0.6 is 0 Å². The zero-order valence-electron chi connectivity index (χ0n) is 14.7. The second-order valence-corrected chi connectivity index (χ2v) is 8.70. The van der Waals surface area contributed by atoms with Crippen LogP contribution < -0.4 is 5.63 Å². The van der Waals surface area contributed by atoms with Crippen LogP contribution in [0.3, 0.4) is 0 Å². The number of aliphatic hydroxyl groups is 1. The lowest BCUT2D eigenvalue weighted by Crippen LogP contribution is -2.57. The largest absolute Gasteiger partial charge is 0.458 e. The minimum absolute atomic E-state index is 0.00427. The van der Waals surface area contributed by atoms with Gasteiger partial charge >= 0.3 is 11.6 Å². The van der Waals surface area contributed by atoms with Crippen molar-refractivity contribution in [3.8, 4) is 0 Å². The van der Waals surface area contributed by atoms with Gasteiger partial charge in [0.05, 0.1) is 6.10 Å². The number of hydrogen-bond acceptors (Lipinski definition) is 6. The van der Waals surface area contributed by atoms with Gasteiger partial charge in [0.2, 0.25) is 0 Å². The van der Waals surface area contributed by atoms with Crippen LogP contribution in [-0.2, 0) is 19.7 Å². The highest BCUT2D eigenvalue weighted by atomic mass is 16.6. The normalized spacial score (nSPS) is 46.3. The molecule has 6 heteroatoms. The molecular formula is C19H22O6. The Morgan fingerprint density at radius 3 is 2.68 bits per heavy atom. The molecule has 2 aliphatic heterocycles. The minimum Gasteiger partial charge on any atom is -0.458 e. The summed E-state index contributed by atoms with van der Waals surface area (Å²) in [6.07, 6.45) is -1.07. The minimum atomic E-state index is -0.990. The van der Waals surface area contributed by atoms with Crippen LogP contribution in [0.4, 0.5) is 0 Å². The molecule has 2 saturated heterocycles. The fourth-order valence-corrected chi connectivity index (χ4v) is 5.89. The van der Waals surface area contributed by atoms with Gasteiger partial charge in [-0.2, -0.15) is 0 Å². The van der Waals surface area contributed by atoms with Crippen molar-refractivity contribution in [1.82, 2.24) is 0 Å². The Hall–Kier alpha value is -1.66. The van der Waals surface area contributed by atoms with Gasteiger partial charge in [-0.05, 0) is 18.9 Å². The zero-order chi connectivity index (χ0) is 17.9. The van der Waals surface area contributed by atoms with Crippen LogP contribution in [0.5, 0.6) is 0 Å². The van der Waals surface area contributed by atoms with Gasteiger partial charge < -0.3 is 19.0 Å². The fourth-order valence-electron chi connectivity index (χ4n) is 5.89. The fraction of sp³-hybridized carbons (Fsp3) is 0.684. The van der Waals surface area contributed by atoms with E-state index < -0.39 is 28.7 Å². The molecule has 1 saturated carbocycles. The van der Waals surface area contributed by atoms with Gasteiger partial charge in [0.15, 0.2) is 0 Å². The summed E-state index contributed by atoms with van der Waals surface area (Å²) in [7, 11) is 0. The molecule has 0 amide bonds. The average molecular weight is 346 g/mol. The topological polar surface area (TPSA) is 89.3 Å². The number of ether oxygens (including phenoxy) is 2. The molecule has 6 nitrogen and oxygen atoms in total. The van der Waals surface area contributed by atoms with E-state index in [9.17, 15) is 14.7 Å². The molecule has 3 heterocycles. The summed E-state index contributed by atoms with van der Waals surface area (Å²) in [6, 6.07) is 1.49. The Balaban J connectivity index is 1.82. The first-order chi connectivity index (χ1) is 11.7. The monoisotopic (exact) mass is 346 g/mol. The molecule has 0 radical (unpaired) electrons. The molecule has 134 valence electrons. The van der Waals surface area contributed by atoms with Crippen molar-refractivity contribution in [3.05, 3.63) is 33.4 Å². The first-order valence-corrected chi connectivity index (χ1v) is 8.92. The second-order valence-electron chi connectivity index (χ2n) is 8.70. The highest BCUT2D eigenvalue weighted by Crippen LogP contribution is 2.68. The number of carbonyl (C=O) groups is 1. The first-order valence-electron chi connectivity index (χ1n) is 8.92. The lowest BCUT2D eigenvalue weighted by Gasteiger charge is -2.50. The average Bonchev–Trinajstić information content (AvgIpc) is 3.24. The Morgan fingerprint density at radius 1 is 1.28 bits per heavy atom. The van der Waals surface area contributed by atoms with E-state index in [1.807, 2.05) is 20.8 Å². The molecule has 0 aromatic carbocycles. The number of esters is 1. The Labute approximate surface area is 145 Å². The summed E-state index contributed by atoms with van der Waals surface area (Å²) in [5.74, 6) is -0.105. The number of hydrogen-bond donors (Lipinski definition) is 1. The van der Waals surface area contributed by atoms with Crippen molar-refractivity contribution in [2.24, 2.45) is 11.3 Å². The van der Waals surface area contributed by atoms with Gasteiger partial charge in [0.25, 0.3) is 0 Å². The molecule has 1 aromatic rings. The van der Waals surface area contributed by atoms with Crippen LogP contribution in [0.15, 0.2) is 15.3 Å². The van der Waals surface area contributed by atoms with Gasteiger partial charge in [0.1, 0.15) is 29.5 Å². The van der Waals surface area contributed by atoms with E-state index in [0.29, 0.717) is 17.7 Å². The van der Waals surface area contributed by atoms with E-state index in [4.69, 9.17) is 13.9 Å². The zero-order valence-corrected chi connectivity index (χ0v) is 14.7. The molecule has 3 fully saturated rings. The van der Waals surface area contributed by atoms with Crippen LogP contribution in [0.2, 0.25) is 0 Å². The Bertz CT molecular complexity index is 856. The number of fused-ring (bicyclic) bond motifs is 4. The van der Waals surface area contributed by atoms with Crippen LogP contribution in [-0.4, -0.2) is 29.4 Å². The summed E-state index contributed by atoms with van der Waals surface area (Å²) in [6.45, 7) is 7.79. The molecule has 7 unspecified atom stereocenters. The highest BCUT2D eigenvalue weighted by molar-refractivity contribution is 5.82. The molecule has 0 spiro atoms. The molecule has 1 aromatic heterocycles. The molecule has 25 heavy (non-hydrogen) atoms. The van der Waals surface area contributed by atoms with E-state index in [-0.39, 0.29) is 30.0 Å². The molecular weight excluding hydrogens is 324 g/mol. The summed E-state index contributed by atoms with van der Waals surface area (Å²) in [5.41, 5.74) is -0.263. The summed E-state index contributed by atoms with van der Waals surface area (Å²) < 4.78 is 16.9. The van der Waals surface area contributed by atoms with Gasteiger partial charge in [-0.1, -0.05) is 20.8 Å².